The number of hydrogen-bond acceptors (Lipinski definition) is 2. The first kappa shape index (κ1) is 14.2. The fourth-order valence-electron chi connectivity index (χ4n) is 1.68. The van der Waals surface area contributed by atoms with Gasteiger partial charge >= 0.3 is 6.36 Å². The molecule has 0 bridgehead atoms. The molecule has 2 aromatic rings. The first-order chi connectivity index (χ1) is 9.40. The summed E-state index contributed by atoms with van der Waals surface area (Å²) in [6, 6.07) is 12.8. The van der Waals surface area contributed by atoms with Crippen LogP contribution in [-0.2, 0) is 0 Å². The second-order valence-corrected chi connectivity index (χ2v) is 4.19. The Morgan fingerprint density at radius 3 is 2.65 bits per heavy atom. The molecular weight excluding hydrogens is 291 g/mol. The standard InChI is InChI=1S/C14H6ClF3NO/c15-11-5-2-6-12(20-14(16,17)18)13(11)10-4-1-3-9(7-10)8-19/h1,3-7H. The van der Waals surface area contributed by atoms with Gasteiger partial charge < -0.3 is 4.74 Å². The van der Waals surface area contributed by atoms with E-state index in [9.17, 15) is 13.2 Å². The highest BCUT2D eigenvalue weighted by Gasteiger charge is 2.32. The number of alkyl halides is 3. The summed E-state index contributed by atoms with van der Waals surface area (Å²) >= 11 is 5.93. The van der Waals surface area contributed by atoms with Gasteiger partial charge in [0.05, 0.1) is 16.7 Å². The molecule has 0 amide bonds. The molecule has 0 heterocycles. The van der Waals surface area contributed by atoms with Gasteiger partial charge in [-0.05, 0) is 35.9 Å². The van der Waals surface area contributed by atoms with E-state index in [4.69, 9.17) is 16.9 Å². The molecule has 0 aliphatic heterocycles. The maximum Gasteiger partial charge on any atom is 0.573 e. The van der Waals surface area contributed by atoms with Crippen molar-refractivity contribution in [2.24, 2.45) is 0 Å². The first-order valence-electron chi connectivity index (χ1n) is 5.36. The maximum atomic E-state index is 12.4. The highest BCUT2D eigenvalue weighted by molar-refractivity contribution is 6.33. The minimum atomic E-state index is -4.83. The zero-order valence-corrected chi connectivity index (χ0v) is 10.6. The molecule has 0 aromatic heterocycles. The third-order valence-electron chi connectivity index (χ3n) is 2.42. The lowest BCUT2D eigenvalue weighted by Crippen LogP contribution is -2.17. The van der Waals surface area contributed by atoms with E-state index >= 15 is 0 Å². The van der Waals surface area contributed by atoms with Gasteiger partial charge in [-0.25, -0.2) is 0 Å². The molecule has 0 unspecified atom stereocenters. The fraction of sp³-hybridized carbons (Fsp3) is 0.0714. The van der Waals surface area contributed by atoms with Crippen LogP contribution in [0.4, 0.5) is 13.2 Å². The molecule has 0 spiro atoms. The van der Waals surface area contributed by atoms with Crippen molar-refractivity contribution in [3.63, 3.8) is 0 Å². The summed E-state index contributed by atoms with van der Waals surface area (Å²) in [6.45, 7) is 0. The van der Waals surface area contributed by atoms with Crippen molar-refractivity contribution in [2.45, 2.75) is 6.36 Å². The molecule has 101 valence electrons. The van der Waals surface area contributed by atoms with Crippen LogP contribution in [0.5, 0.6) is 5.75 Å². The van der Waals surface area contributed by atoms with Crippen LogP contribution < -0.4 is 4.74 Å². The molecule has 2 rings (SSSR count). The largest absolute Gasteiger partial charge is 0.573 e. The minimum Gasteiger partial charge on any atom is -0.405 e. The fourth-order valence-corrected chi connectivity index (χ4v) is 1.95. The molecule has 0 aliphatic carbocycles. The van der Waals surface area contributed by atoms with Crippen molar-refractivity contribution in [1.29, 1.82) is 5.26 Å². The summed E-state index contributed by atoms with van der Waals surface area (Å²) in [7, 11) is 0. The van der Waals surface area contributed by atoms with E-state index in [2.05, 4.69) is 10.8 Å². The molecule has 2 aromatic carbocycles. The Bertz CT molecular complexity index is 677. The summed E-state index contributed by atoms with van der Waals surface area (Å²) < 4.78 is 41.1. The van der Waals surface area contributed by atoms with Crippen molar-refractivity contribution < 1.29 is 17.9 Å². The SMILES string of the molecule is N#Cc1cccc(-c2c(Cl)c[c]cc2OC(F)(F)F)c1. The predicted molar refractivity (Wildman–Crippen MR) is 67.1 cm³/mol. The Morgan fingerprint density at radius 2 is 2.00 bits per heavy atom. The van der Waals surface area contributed by atoms with Crippen molar-refractivity contribution in [2.75, 3.05) is 0 Å². The summed E-state index contributed by atoms with van der Waals surface area (Å²) in [5, 5.41) is 8.89. The summed E-state index contributed by atoms with van der Waals surface area (Å²) in [4.78, 5) is 0. The highest BCUT2D eigenvalue weighted by atomic mass is 35.5. The second-order valence-electron chi connectivity index (χ2n) is 3.78. The second kappa shape index (κ2) is 5.43. The third kappa shape index (κ3) is 3.22. The Labute approximate surface area is 118 Å². The number of benzene rings is 2. The lowest BCUT2D eigenvalue weighted by Gasteiger charge is -2.14. The Hall–Kier alpha value is -2.19. The zero-order chi connectivity index (χ0) is 14.8. The molecule has 1 radical (unpaired) electrons. The van der Waals surface area contributed by atoms with Gasteiger partial charge in [-0.1, -0.05) is 23.7 Å². The molecule has 0 atom stereocenters. The smallest absolute Gasteiger partial charge is 0.405 e. The Morgan fingerprint density at radius 1 is 1.25 bits per heavy atom. The molecule has 20 heavy (non-hydrogen) atoms. The number of halogens is 4. The number of nitrogens with zero attached hydrogens (tertiary/aromatic N) is 1. The molecular formula is C14H6ClF3NO. The van der Waals surface area contributed by atoms with Crippen molar-refractivity contribution >= 4 is 11.6 Å². The van der Waals surface area contributed by atoms with Gasteiger partial charge in [0.15, 0.2) is 0 Å². The first-order valence-corrected chi connectivity index (χ1v) is 5.74. The van der Waals surface area contributed by atoms with Crippen LogP contribution in [0.2, 0.25) is 5.02 Å². The molecule has 2 nitrogen and oxygen atoms in total. The monoisotopic (exact) mass is 296 g/mol. The van der Waals surface area contributed by atoms with E-state index in [1.54, 1.807) is 12.1 Å². The van der Waals surface area contributed by atoms with E-state index in [1.807, 2.05) is 6.07 Å². The topological polar surface area (TPSA) is 33.0 Å². The van der Waals surface area contributed by atoms with Crippen molar-refractivity contribution in [3.8, 4) is 22.9 Å². The van der Waals surface area contributed by atoms with Gasteiger partial charge in [0.25, 0.3) is 0 Å². The Balaban J connectivity index is 2.58. The third-order valence-corrected chi connectivity index (χ3v) is 2.71. The van der Waals surface area contributed by atoms with Gasteiger partial charge in [0.1, 0.15) is 5.75 Å². The molecule has 0 saturated heterocycles. The minimum absolute atomic E-state index is 0.0573. The summed E-state index contributed by atoms with van der Waals surface area (Å²) in [6.07, 6.45) is -4.83. The van der Waals surface area contributed by atoms with Gasteiger partial charge in [-0.15, -0.1) is 13.2 Å². The number of hydrogen-bond donors (Lipinski definition) is 0. The molecule has 6 heteroatoms. The van der Waals surface area contributed by atoms with Crippen LogP contribution in [0.15, 0.2) is 36.4 Å². The van der Waals surface area contributed by atoms with Crippen LogP contribution in [0.3, 0.4) is 0 Å². The van der Waals surface area contributed by atoms with Crippen LogP contribution in [-0.4, -0.2) is 6.36 Å². The molecule has 0 saturated carbocycles. The lowest BCUT2D eigenvalue weighted by atomic mass is 10.0. The van der Waals surface area contributed by atoms with Crippen molar-refractivity contribution in [3.05, 3.63) is 53.1 Å². The number of ether oxygens (including phenoxy) is 1. The van der Waals surface area contributed by atoms with Gasteiger partial charge in [-0.2, -0.15) is 5.26 Å². The van der Waals surface area contributed by atoms with Crippen LogP contribution in [0.1, 0.15) is 5.56 Å². The van der Waals surface area contributed by atoms with Gasteiger partial charge in [0, 0.05) is 5.56 Å². The van der Waals surface area contributed by atoms with Crippen LogP contribution in [0.25, 0.3) is 11.1 Å². The average Bonchev–Trinajstić information content (AvgIpc) is 2.37. The zero-order valence-electron chi connectivity index (χ0n) is 9.83. The number of nitriles is 1. The molecule has 0 aliphatic rings. The quantitative estimate of drug-likeness (QED) is 0.813. The van der Waals surface area contributed by atoms with Gasteiger partial charge in [0.2, 0.25) is 0 Å². The van der Waals surface area contributed by atoms with E-state index in [0.717, 1.165) is 6.07 Å². The summed E-state index contributed by atoms with van der Waals surface area (Å²) in [5.74, 6) is -0.458. The average molecular weight is 297 g/mol. The predicted octanol–water partition coefficient (Wildman–Crippen LogP) is 4.58. The van der Waals surface area contributed by atoms with Crippen LogP contribution >= 0.6 is 11.6 Å². The van der Waals surface area contributed by atoms with E-state index < -0.39 is 12.1 Å². The lowest BCUT2D eigenvalue weighted by molar-refractivity contribution is -0.274. The van der Waals surface area contributed by atoms with Gasteiger partial charge in [-0.3, -0.25) is 0 Å². The van der Waals surface area contributed by atoms with E-state index in [1.165, 1.54) is 18.2 Å². The van der Waals surface area contributed by atoms with Crippen LogP contribution in [0, 0.1) is 17.4 Å². The maximum absolute atomic E-state index is 12.4. The number of rotatable bonds is 2. The Kier molecular flexibility index (Phi) is 3.86. The van der Waals surface area contributed by atoms with E-state index in [0.29, 0.717) is 11.1 Å². The van der Waals surface area contributed by atoms with E-state index in [-0.39, 0.29) is 10.6 Å². The molecule has 0 N–H and O–H groups in total. The molecule has 0 fully saturated rings. The van der Waals surface area contributed by atoms with Crippen molar-refractivity contribution in [1.82, 2.24) is 0 Å². The highest BCUT2D eigenvalue weighted by Crippen LogP contribution is 2.38. The summed E-state index contributed by atoms with van der Waals surface area (Å²) in [5.41, 5.74) is 0.742. The normalized spacial score (nSPS) is 10.9.